The van der Waals surface area contributed by atoms with Crippen LogP contribution in [0.3, 0.4) is 0 Å². The third-order valence-electron chi connectivity index (χ3n) is 3.86. The van der Waals surface area contributed by atoms with Crippen LogP contribution in [0.25, 0.3) is 10.8 Å². The van der Waals surface area contributed by atoms with Gasteiger partial charge in [0.05, 0.1) is 12.0 Å². The molecule has 0 aromatic heterocycles. The van der Waals surface area contributed by atoms with Gasteiger partial charge in [-0.25, -0.2) is 0 Å². The third-order valence-corrected chi connectivity index (χ3v) is 3.86. The van der Waals surface area contributed by atoms with Crippen LogP contribution in [0.1, 0.15) is 19.3 Å². The average molecular weight is 255 g/mol. The second-order valence-electron chi connectivity index (χ2n) is 5.12. The number of anilines is 1. The molecule has 0 saturated heterocycles. The first kappa shape index (κ1) is 12.2. The maximum absolute atomic E-state index is 12.2. The molecule has 1 saturated carbocycles. The van der Waals surface area contributed by atoms with Gasteiger partial charge in [-0.2, -0.15) is 0 Å². The first-order valence-corrected chi connectivity index (χ1v) is 6.72. The lowest BCUT2D eigenvalue weighted by molar-refractivity contribution is -0.122. The van der Waals surface area contributed by atoms with E-state index in [1.165, 1.54) is 0 Å². The summed E-state index contributed by atoms with van der Waals surface area (Å²) in [5, 5.41) is 14.9. The van der Waals surface area contributed by atoms with Gasteiger partial charge in [0, 0.05) is 11.1 Å². The number of aliphatic hydroxyl groups is 1. The smallest absolute Gasteiger partial charge is 0.230 e. The Hall–Kier alpha value is -1.87. The lowest BCUT2D eigenvalue weighted by atomic mass is 10.0. The predicted molar refractivity (Wildman–Crippen MR) is 75.9 cm³/mol. The molecule has 1 fully saturated rings. The van der Waals surface area contributed by atoms with Crippen molar-refractivity contribution in [2.24, 2.45) is 5.92 Å². The molecule has 98 valence electrons. The van der Waals surface area contributed by atoms with Crippen LogP contribution in [0.4, 0.5) is 5.69 Å². The maximum atomic E-state index is 12.2. The highest BCUT2D eigenvalue weighted by molar-refractivity contribution is 6.02. The Morgan fingerprint density at radius 2 is 1.89 bits per heavy atom. The van der Waals surface area contributed by atoms with Gasteiger partial charge < -0.3 is 10.4 Å². The maximum Gasteiger partial charge on any atom is 0.230 e. The zero-order valence-corrected chi connectivity index (χ0v) is 10.7. The van der Waals surface area contributed by atoms with Gasteiger partial charge >= 0.3 is 0 Å². The molecule has 3 heteroatoms. The molecule has 2 atom stereocenters. The average Bonchev–Trinajstić information content (AvgIpc) is 2.85. The number of aliphatic hydroxyl groups excluding tert-OH is 1. The summed E-state index contributed by atoms with van der Waals surface area (Å²) >= 11 is 0. The number of nitrogens with one attached hydrogen (secondary N) is 1. The second kappa shape index (κ2) is 5.02. The standard InChI is InChI=1S/C16H17NO2/c18-15-10-4-8-13(15)16(19)17-14-9-3-6-11-5-1-2-7-12(11)14/h1-3,5-7,9,13,15,18H,4,8,10H2,(H,17,19). The lowest BCUT2D eigenvalue weighted by Gasteiger charge is -2.15. The van der Waals surface area contributed by atoms with E-state index < -0.39 is 6.10 Å². The summed E-state index contributed by atoms with van der Waals surface area (Å²) in [5.41, 5.74) is 0.821. The molecular weight excluding hydrogens is 238 g/mol. The van der Waals surface area contributed by atoms with Gasteiger partial charge in [-0.1, -0.05) is 36.4 Å². The van der Waals surface area contributed by atoms with E-state index in [2.05, 4.69) is 5.32 Å². The summed E-state index contributed by atoms with van der Waals surface area (Å²) in [7, 11) is 0. The van der Waals surface area contributed by atoms with E-state index in [0.29, 0.717) is 0 Å². The molecule has 0 radical (unpaired) electrons. The highest BCUT2D eigenvalue weighted by Gasteiger charge is 2.31. The number of fused-ring (bicyclic) bond motifs is 1. The van der Waals surface area contributed by atoms with Gasteiger partial charge in [0.2, 0.25) is 5.91 Å². The highest BCUT2D eigenvalue weighted by atomic mass is 16.3. The van der Waals surface area contributed by atoms with Crippen LogP contribution in [-0.4, -0.2) is 17.1 Å². The molecule has 1 aliphatic carbocycles. The molecule has 1 amide bonds. The van der Waals surface area contributed by atoms with Gasteiger partial charge in [-0.3, -0.25) is 4.79 Å². The van der Waals surface area contributed by atoms with Crippen molar-refractivity contribution >= 4 is 22.4 Å². The summed E-state index contributed by atoms with van der Waals surface area (Å²) < 4.78 is 0. The predicted octanol–water partition coefficient (Wildman–Crippen LogP) is 2.94. The number of rotatable bonds is 2. The van der Waals surface area contributed by atoms with Gasteiger partial charge in [0.1, 0.15) is 0 Å². The minimum atomic E-state index is -0.491. The molecule has 1 aliphatic rings. The van der Waals surface area contributed by atoms with Crippen LogP contribution in [-0.2, 0) is 4.79 Å². The highest BCUT2D eigenvalue weighted by Crippen LogP contribution is 2.28. The molecule has 2 unspecified atom stereocenters. The molecule has 0 bridgehead atoms. The van der Waals surface area contributed by atoms with Crippen molar-refractivity contribution in [3.8, 4) is 0 Å². The fraction of sp³-hybridized carbons (Fsp3) is 0.312. The van der Waals surface area contributed by atoms with Gasteiger partial charge in [0.15, 0.2) is 0 Å². The van der Waals surface area contributed by atoms with Crippen LogP contribution in [0.5, 0.6) is 0 Å². The molecule has 0 spiro atoms. The minimum Gasteiger partial charge on any atom is -0.392 e. The zero-order chi connectivity index (χ0) is 13.2. The van der Waals surface area contributed by atoms with E-state index in [1.54, 1.807) is 0 Å². The van der Waals surface area contributed by atoms with Crippen molar-refractivity contribution in [3.63, 3.8) is 0 Å². The lowest BCUT2D eigenvalue weighted by Crippen LogP contribution is -2.28. The Bertz CT molecular complexity index is 603. The van der Waals surface area contributed by atoms with Crippen molar-refractivity contribution in [1.82, 2.24) is 0 Å². The minimum absolute atomic E-state index is 0.0682. The Labute approximate surface area is 112 Å². The number of carbonyl (C=O) groups is 1. The largest absolute Gasteiger partial charge is 0.392 e. The first-order chi connectivity index (χ1) is 9.25. The molecule has 2 N–H and O–H groups in total. The monoisotopic (exact) mass is 255 g/mol. The van der Waals surface area contributed by atoms with E-state index in [0.717, 1.165) is 35.7 Å². The molecule has 0 heterocycles. The van der Waals surface area contributed by atoms with E-state index >= 15 is 0 Å². The topological polar surface area (TPSA) is 49.3 Å². The van der Waals surface area contributed by atoms with E-state index in [-0.39, 0.29) is 11.8 Å². The number of carbonyl (C=O) groups excluding carboxylic acids is 1. The van der Waals surface area contributed by atoms with Gasteiger partial charge in [-0.15, -0.1) is 0 Å². The van der Waals surface area contributed by atoms with Crippen molar-refractivity contribution in [2.75, 3.05) is 5.32 Å². The number of hydrogen-bond donors (Lipinski definition) is 2. The van der Waals surface area contributed by atoms with E-state index in [1.807, 2.05) is 42.5 Å². The van der Waals surface area contributed by atoms with Crippen molar-refractivity contribution in [1.29, 1.82) is 0 Å². The number of benzene rings is 2. The molecule has 3 rings (SSSR count). The Morgan fingerprint density at radius 1 is 1.11 bits per heavy atom. The van der Waals surface area contributed by atoms with Crippen molar-refractivity contribution in [3.05, 3.63) is 42.5 Å². The zero-order valence-electron chi connectivity index (χ0n) is 10.7. The molecule has 3 nitrogen and oxygen atoms in total. The second-order valence-corrected chi connectivity index (χ2v) is 5.12. The summed E-state index contributed by atoms with van der Waals surface area (Å²) in [5.74, 6) is -0.333. The summed E-state index contributed by atoms with van der Waals surface area (Å²) in [6.07, 6.45) is 1.94. The summed E-state index contributed by atoms with van der Waals surface area (Å²) in [6.45, 7) is 0. The van der Waals surface area contributed by atoms with Gasteiger partial charge in [-0.05, 0) is 30.7 Å². The molecule has 0 aliphatic heterocycles. The van der Waals surface area contributed by atoms with E-state index in [9.17, 15) is 9.90 Å². The summed E-state index contributed by atoms with van der Waals surface area (Å²) in [4.78, 5) is 12.2. The normalized spacial score (nSPS) is 22.6. The van der Waals surface area contributed by atoms with Crippen LogP contribution >= 0.6 is 0 Å². The van der Waals surface area contributed by atoms with Crippen molar-refractivity contribution in [2.45, 2.75) is 25.4 Å². The van der Waals surface area contributed by atoms with Crippen molar-refractivity contribution < 1.29 is 9.90 Å². The van der Waals surface area contributed by atoms with Gasteiger partial charge in [0.25, 0.3) is 0 Å². The first-order valence-electron chi connectivity index (χ1n) is 6.72. The fourth-order valence-electron chi connectivity index (χ4n) is 2.81. The van der Waals surface area contributed by atoms with Crippen LogP contribution < -0.4 is 5.32 Å². The van der Waals surface area contributed by atoms with Crippen LogP contribution in [0.15, 0.2) is 42.5 Å². The summed E-state index contributed by atoms with van der Waals surface area (Å²) in [6, 6.07) is 13.8. The quantitative estimate of drug-likeness (QED) is 0.866. The molecular formula is C16H17NO2. The fourth-order valence-corrected chi connectivity index (χ4v) is 2.81. The SMILES string of the molecule is O=C(Nc1cccc2ccccc12)C1CCCC1O. The Balaban J connectivity index is 1.87. The third kappa shape index (κ3) is 2.34. The molecule has 19 heavy (non-hydrogen) atoms. The number of hydrogen-bond acceptors (Lipinski definition) is 2. The Morgan fingerprint density at radius 3 is 2.68 bits per heavy atom. The van der Waals surface area contributed by atoms with Crippen LogP contribution in [0, 0.1) is 5.92 Å². The van der Waals surface area contributed by atoms with Crippen LogP contribution in [0.2, 0.25) is 0 Å². The number of amides is 1. The molecule has 2 aromatic carbocycles. The Kier molecular flexibility index (Phi) is 3.22. The van der Waals surface area contributed by atoms with E-state index in [4.69, 9.17) is 0 Å². The molecule has 2 aromatic rings.